The van der Waals surface area contributed by atoms with Crippen LogP contribution in [0.15, 0.2) is 18.2 Å². The van der Waals surface area contributed by atoms with Crippen LogP contribution in [0.25, 0.3) is 0 Å². The van der Waals surface area contributed by atoms with Crippen molar-refractivity contribution in [1.29, 1.82) is 0 Å². The van der Waals surface area contributed by atoms with Gasteiger partial charge in [0, 0.05) is 12.6 Å². The molecule has 1 aromatic carbocycles. The second-order valence-electron chi connectivity index (χ2n) is 7.78. The Kier molecular flexibility index (Phi) is 4.48. The number of methoxy groups -OCH3 is 2. The van der Waals surface area contributed by atoms with Crippen molar-refractivity contribution in [1.82, 2.24) is 10.6 Å². The number of urea groups is 1. The standard InChI is InChI=1S/C20H28N2O3/c1-24-18-7-6-12(8-19(18)25-2)11-21-20(23)22-17-10-13-9-16(17)15-5-3-4-14(13)15/h6-8,13-17H,3-5,9-11H2,1-2H3,(H2,21,22,23)/t13-,14-,15+,16+,17-/m1/s1. The van der Waals surface area contributed by atoms with Crippen LogP contribution in [0.5, 0.6) is 11.5 Å². The van der Waals surface area contributed by atoms with Crippen LogP contribution in [0.1, 0.15) is 37.7 Å². The molecule has 1 aromatic rings. The van der Waals surface area contributed by atoms with Gasteiger partial charge in [-0.25, -0.2) is 4.79 Å². The van der Waals surface area contributed by atoms with Gasteiger partial charge in [0.05, 0.1) is 14.2 Å². The van der Waals surface area contributed by atoms with E-state index >= 15 is 0 Å². The van der Waals surface area contributed by atoms with Gasteiger partial charge in [-0.2, -0.15) is 0 Å². The third-order valence-corrected chi connectivity index (χ3v) is 6.65. The molecule has 3 fully saturated rings. The Hall–Kier alpha value is -1.91. The van der Waals surface area contributed by atoms with Gasteiger partial charge in [-0.15, -0.1) is 0 Å². The van der Waals surface area contributed by atoms with E-state index in [4.69, 9.17) is 9.47 Å². The van der Waals surface area contributed by atoms with Crippen molar-refractivity contribution in [2.45, 2.75) is 44.7 Å². The topological polar surface area (TPSA) is 59.6 Å². The summed E-state index contributed by atoms with van der Waals surface area (Å²) >= 11 is 0. The minimum Gasteiger partial charge on any atom is -0.493 e. The van der Waals surface area contributed by atoms with E-state index in [0.29, 0.717) is 30.0 Å². The van der Waals surface area contributed by atoms with Gasteiger partial charge in [0.2, 0.25) is 0 Å². The van der Waals surface area contributed by atoms with Crippen LogP contribution < -0.4 is 20.1 Å². The number of hydrogen-bond acceptors (Lipinski definition) is 3. The largest absolute Gasteiger partial charge is 0.493 e. The van der Waals surface area contributed by atoms with E-state index in [9.17, 15) is 4.79 Å². The van der Waals surface area contributed by atoms with E-state index in [1.807, 2.05) is 18.2 Å². The first-order valence-corrected chi connectivity index (χ1v) is 9.45. The van der Waals surface area contributed by atoms with E-state index in [-0.39, 0.29) is 6.03 Å². The summed E-state index contributed by atoms with van der Waals surface area (Å²) < 4.78 is 10.6. The zero-order valence-corrected chi connectivity index (χ0v) is 15.1. The fourth-order valence-corrected chi connectivity index (χ4v) is 5.63. The van der Waals surface area contributed by atoms with Crippen LogP contribution in [0.4, 0.5) is 4.79 Å². The molecule has 5 heteroatoms. The molecule has 2 amide bonds. The first-order chi connectivity index (χ1) is 12.2. The van der Waals surface area contributed by atoms with Crippen LogP contribution in [-0.4, -0.2) is 26.3 Å². The zero-order valence-electron chi connectivity index (χ0n) is 15.1. The highest BCUT2D eigenvalue weighted by Crippen LogP contribution is 2.58. The summed E-state index contributed by atoms with van der Waals surface area (Å²) in [6, 6.07) is 6.03. The Morgan fingerprint density at radius 3 is 2.68 bits per heavy atom. The molecule has 0 saturated heterocycles. The van der Waals surface area contributed by atoms with Crippen LogP contribution >= 0.6 is 0 Å². The Labute approximate surface area is 149 Å². The van der Waals surface area contributed by atoms with Crippen LogP contribution in [0.2, 0.25) is 0 Å². The highest BCUT2D eigenvalue weighted by molar-refractivity contribution is 5.74. The third-order valence-electron chi connectivity index (χ3n) is 6.65. The SMILES string of the molecule is COc1ccc(CNC(=O)N[C@@H]2C[C@H]3C[C@H]2[C@H]2CCC[C@H]32)cc1OC. The molecule has 5 nitrogen and oxygen atoms in total. The second kappa shape index (κ2) is 6.77. The lowest BCUT2D eigenvalue weighted by Gasteiger charge is -2.32. The Bertz CT molecular complexity index is 648. The van der Waals surface area contributed by atoms with Gasteiger partial charge in [-0.3, -0.25) is 0 Å². The van der Waals surface area contributed by atoms with Gasteiger partial charge in [0.1, 0.15) is 0 Å². The Morgan fingerprint density at radius 2 is 1.88 bits per heavy atom. The number of fused-ring (bicyclic) bond motifs is 5. The molecule has 0 unspecified atom stereocenters. The first-order valence-electron chi connectivity index (χ1n) is 9.45. The number of rotatable bonds is 5. The molecule has 3 aliphatic rings. The lowest BCUT2D eigenvalue weighted by Crippen LogP contribution is -2.46. The summed E-state index contributed by atoms with van der Waals surface area (Å²) in [6.45, 7) is 0.485. The summed E-state index contributed by atoms with van der Waals surface area (Å²) in [5, 5.41) is 6.23. The van der Waals surface area contributed by atoms with Gasteiger partial charge >= 0.3 is 6.03 Å². The number of ether oxygens (including phenoxy) is 2. The summed E-state index contributed by atoms with van der Waals surface area (Å²) in [5.74, 6) is 4.78. The van der Waals surface area contributed by atoms with Gasteiger partial charge in [-0.05, 0) is 67.1 Å². The molecule has 3 saturated carbocycles. The molecule has 2 N–H and O–H groups in total. The highest BCUT2D eigenvalue weighted by Gasteiger charge is 2.54. The quantitative estimate of drug-likeness (QED) is 0.861. The summed E-state index contributed by atoms with van der Waals surface area (Å²) in [4.78, 5) is 12.3. The molecule has 25 heavy (non-hydrogen) atoms. The maximum atomic E-state index is 12.3. The van der Waals surface area contributed by atoms with E-state index in [2.05, 4.69) is 10.6 Å². The summed E-state index contributed by atoms with van der Waals surface area (Å²) in [5.41, 5.74) is 0.997. The minimum atomic E-state index is -0.0538. The van der Waals surface area contributed by atoms with E-state index in [1.165, 1.54) is 32.1 Å². The summed E-state index contributed by atoms with van der Waals surface area (Å²) in [6.07, 6.45) is 6.69. The predicted octanol–water partition coefficient (Wildman–Crippen LogP) is 3.33. The Balaban J connectivity index is 1.30. The molecular weight excluding hydrogens is 316 g/mol. The van der Waals surface area contributed by atoms with Crippen LogP contribution in [0.3, 0.4) is 0 Å². The molecule has 5 atom stereocenters. The van der Waals surface area contributed by atoms with Crippen molar-refractivity contribution in [3.05, 3.63) is 23.8 Å². The van der Waals surface area contributed by atoms with Crippen molar-refractivity contribution in [3.63, 3.8) is 0 Å². The van der Waals surface area contributed by atoms with E-state index < -0.39 is 0 Å². The van der Waals surface area contributed by atoms with Crippen LogP contribution in [-0.2, 0) is 6.54 Å². The number of carbonyl (C=O) groups is 1. The minimum absolute atomic E-state index is 0.0538. The number of amides is 2. The van der Waals surface area contributed by atoms with E-state index in [1.54, 1.807) is 14.2 Å². The maximum Gasteiger partial charge on any atom is 0.315 e. The van der Waals surface area contributed by atoms with Crippen molar-refractivity contribution in [2.24, 2.45) is 23.7 Å². The molecular formula is C20H28N2O3. The van der Waals surface area contributed by atoms with Gasteiger partial charge in [-0.1, -0.05) is 12.5 Å². The van der Waals surface area contributed by atoms with Gasteiger partial charge in [0.25, 0.3) is 0 Å². The van der Waals surface area contributed by atoms with Gasteiger partial charge < -0.3 is 20.1 Å². The highest BCUT2D eigenvalue weighted by atomic mass is 16.5. The van der Waals surface area contributed by atoms with Crippen LogP contribution in [0, 0.1) is 23.7 Å². The number of benzene rings is 1. The molecule has 0 heterocycles. The average molecular weight is 344 g/mol. The second-order valence-corrected chi connectivity index (χ2v) is 7.78. The predicted molar refractivity (Wildman–Crippen MR) is 95.8 cm³/mol. The maximum absolute atomic E-state index is 12.3. The fourth-order valence-electron chi connectivity index (χ4n) is 5.63. The monoisotopic (exact) mass is 344 g/mol. The summed E-state index contributed by atoms with van der Waals surface area (Å²) in [7, 11) is 3.24. The average Bonchev–Trinajstić information content (AvgIpc) is 3.32. The third kappa shape index (κ3) is 3.05. The zero-order chi connectivity index (χ0) is 17.4. The van der Waals surface area contributed by atoms with Crippen molar-refractivity contribution in [3.8, 4) is 11.5 Å². The number of hydrogen-bond donors (Lipinski definition) is 2. The molecule has 4 rings (SSSR count). The first kappa shape index (κ1) is 16.6. The molecule has 3 aliphatic carbocycles. The van der Waals surface area contributed by atoms with Gasteiger partial charge in [0.15, 0.2) is 11.5 Å². The lowest BCUT2D eigenvalue weighted by atomic mass is 9.79. The molecule has 0 spiro atoms. The normalized spacial score (nSPS) is 32.3. The van der Waals surface area contributed by atoms with Crippen molar-refractivity contribution < 1.29 is 14.3 Å². The lowest BCUT2D eigenvalue weighted by molar-refractivity contribution is 0.197. The molecule has 0 radical (unpaired) electrons. The van der Waals surface area contributed by atoms with E-state index in [0.717, 1.165) is 23.3 Å². The number of carbonyl (C=O) groups excluding carboxylic acids is 1. The van der Waals surface area contributed by atoms with Crippen molar-refractivity contribution in [2.75, 3.05) is 14.2 Å². The molecule has 0 aliphatic heterocycles. The fraction of sp³-hybridized carbons (Fsp3) is 0.650. The Morgan fingerprint density at radius 1 is 1.08 bits per heavy atom. The smallest absolute Gasteiger partial charge is 0.315 e. The number of nitrogens with one attached hydrogen (secondary N) is 2. The molecule has 0 aromatic heterocycles. The molecule has 136 valence electrons. The van der Waals surface area contributed by atoms with Crippen molar-refractivity contribution >= 4 is 6.03 Å². The molecule has 2 bridgehead atoms.